The predicted molar refractivity (Wildman–Crippen MR) is 73.1 cm³/mol. The minimum atomic E-state index is -3.51. The van der Waals surface area contributed by atoms with E-state index in [9.17, 15) is 18.3 Å². The van der Waals surface area contributed by atoms with Crippen LogP contribution in [0.15, 0.2) is 29.0 Å². The number of carbonyl (C=O) groups is 1. The molecule has 2 heterocycles. The third kappa shape index (κ3) is 3.44. The number of nitrogens with zero attached hydrogens (tertiary/aromatic N) is 2. The van der Waals surface area contributed by atoms with Gasteiger partial charge in [-0.1, -0.05) is 5.16 Å². The van der Waals surface area contributed by atoms with Crippen molar-refractivity contribution in [2.24, 2.45) is 0 Å². The first-order valence-corrected chi connectivity index (χ1v) is 7.79. The standard InChI is InChI=1S/C12H13N3O5S/c1-7(15-21(2,18)19)11-9(12(16)17)10(14-20-11)8-4-3-5-13-6-8/h3-7,15H,1-2H3,(H,16,17)/t7-/m1/s1. The van der Waals surface area contributed by atoms with Crippen LogP contribution in [0.3, 0.4) is 0 Å². The Hall–Kier alpha value is -2.26. The van der Waals surface area contributed by atoms with Crippen molar-refractivity contribution >= 4 is 16.0 Å². The molecular formula is C12H13N3O5S. The fourth-order valence-electron chi connectivity index (χ4n) is 1.88. The smallest absolute Gasteiger partial charge is 0.341 e. The maximum atomic E-state index is 11.4. The summed E-state index contributed by atoms with van der Waals surface area (Å²) in [5, 5.41) is 13.1. The van der Waals surface area contributed by atoms with Crippen molar-refractivity contribution in [1.29, 1.82) is 0 Å². The zero-order chi connectivity index (χ0) is 15.6. The number of carboxylic acids is 1. The van der Waals surface area contributed by atoms with Gasteiger partial charge in [-0.2, -0.15) is 0 Å². The Bertz CT molecular complexity index is 754. The van der Waals surface area contributed by atoms with Crippen molar-refractivity contribution in [1.82, 2.24) is 14.9 Å². The van der Waals surface area contributed by atoms with Gasteiger partial charge in [-0.05, 0) is 19.1 Å². The van der Waals surface area contributed by atoms with Crippen LogP contribution in [0.2, 0.25) is 0 Å². The van der Waals surface area contributed by atoms with E-state index in [1.54, 1.807) is 18.3 Å². The third-order valence-corrected chi connectivity index (χ3v) is 3.43. The van der Waals surface area contributed by atoms with Crippen LogP contribution < -0.4 is 4.72 Å². The first-order valence-electron chi connectivity index (χ1n) is 5.90. The van der Waals surface area contributed by atoms with E-state index >= 15 is 0 Å². The van der Waals surface area contributed by atoms with E-state index in [0.29, 0.717) is 5.56 Å². The average Bonchev–Trinajstić information content (AvgIpc) is 2.82. The van der Waals surface area contributed by atoms with Gasteiger partial charge in [-0.25, -0.2) is 17.9 Å². The van der Waals surface area contributed by atoms with E-state index in [1.807, 2.05) is 0 Å². The second-order valence-electron chi connectivity index (χ2n) is 4.43. The minimum absolute atomic E-state index is 0.0632. The predicted octanol–water partition coefficient (Wildman–Crippen LogP) is 1.04. The third-order valence-electron chi connectivity index (χ3n) is 2.65. The number of carboxylic acid groups (broad SMARTS) is 1. The molecule has 2 N–H and O–H groups in total. The lowest BCUT2D eigenvalue weighted by Crippen LogP contribution is -2.26. The second kappa shape index (κ2) is 5.62. The van der Waals surface area contributed by atoms with Crippen molar-refractivity contribution in [2.45, 2.75) is 13.0 Å². The molecule has 0 aliphatic carbocycles. The fourth-order valence-corrected chi connectivity index (χ4v) is 2.63. The molecule has 0 aliphatic heterocycles. The molecule has 0 unspecified atom stereocenters. The van der Waals surface area contributed by atoms with Crippen LogP contribution in [0, 0.1) is 0 Å². The summed E-state index contributed by atoms with van der Waals surface area (Å²) in [5.74, 6) is -1.32. The van der Waals surface area contributed by atoms with E-state index in [4.69, 9.17) is 4.52 Å². The van der Waals surface area contributed by atoms with Crippen LogP contribution >= 0.6 is 0 Å². The highest BCUT2D eigenvalue weighted by atomic mass is 32.2. The zero-order valence-electron chi connectivity index (χ0n) is 11.3. The van der Waals surface area contributed by atoms with E-state index in [-0.39, 0.29) is 17.0 Å². The van der Waals surface area contributed by atoms with Crippen LogP contribution in [0.4, 0.5) is 0 Å². The summed E-state index contributed by atoms with van der Waals surface area (Å²) in [4.78, 5) is 15.3. The first-order chi connectivity index (χ1) is 9.79. The van der Waals surface area contributed by atoms with Crippen molar-refractivity contribution in [3.8, 4) is 11.3 Å². The highest BCUT2D eigenvalue weighted by Crippen LogP contribution is 2.28. The maximum absolute atomic E-state index is 11.4. The Labute approximate surface area is 120 Å². The van der Waals surface area contributed by atoms with Gasteiger partial charge in [0.05, 0.1) is 12.3 Å². The number of pyridine rings is 1. The monoisotopic (exact) mass is 311 g/mol. The number of hydrogen-bond donors (Lipinski definition) is 2. The van der Waals surface area contributed by atoms with Crippen molar-refractivity contribution in [3.63, 3.8) is 0 Å². The van der Waals surface area contributed by atoms with Gasteiger partial charge in [-0.3, -0.25) is 4.98 Å². The van der Waals surface area contributed by atoms with Crippen molar-refractivity contribution in [2.75, 3.05) is 6.26 Å². The summed E-state index contributed by atoms with van der Waals surface area (Å²) in [6.45, 7) is 1.47. The Balaban J connectivity index is 2.50. The summed E-state index contributed by atoms with van der Waals surface area (Å²) < 4.78 is 29.8. The lowest BCUT2D eigenvalue weighted by atomic mass is 10.1. The van der Waals surface area contributed by atoms with Gasteiger partial charge in [0.1, 0.15) is 11.3 Å². The summed E-state index contributed by atoms with van der Waals surface area (Å²) in [5.41, 5.74) is 0.385. The van der Waals surface area contributed by atoms with Gasteiger partial charge < -0.3 is 9.63 Å². The SMILES string of the molecule is C[C@@H](NS(C)(=O)=O)c1onc(-c2cccnc2)c1C(=O)O. The largest absolute Gasteiger partial charge is 0.477 e. The molecular weight excluding hydrogens is 298 g/mol. The lowest BCUT2D eigenvalue weighted by molar-refractivity contribution is 0.0694. The molecule has 2 aromatic heterocycles. The van der Waals surface area contributed by atoms with Crippen molar-refractivity contribution in [3.05, 3.63) is 35.9 Å². The van der Waals surface area contributed by atoms with Crippen molar-refractivity contribution < 1.29 is 22.8 Å². The highest BCUT2D eigenvalue weighted by molar-refractivity contribution is 7.88. The molecule has 0 spiro atoms. The molecule has 0 radical (unpaired) electrons. The maximum Gasteiger partial charge on any atom is 0.341 e. The van der Waals surface area contributed by atoms with Gasteiger partial charge in [0.25, 0.3) is 0 Å². The minimum Gasteiger partial charge on any atom is -0.477 e. The molecule has 112 valence electrons. The molecule has 0 aromatic carbocycles. The Morgan fingerprint density at radius 2 is 2.19 bits per heavy atom. The molecule has 1 atom stereocenters. The Morgan fingerprint density at radius 3 is 2.71 bits per heavy atom. The van der Waals surface area contributed by atoms with Gasteiger partial charge in [-0.15, -0.1) is 0 Å². The van der Waals surface area contributed by atoms with E-state index in [0.717, 1.165) is 6.26 Å². The molecule has 2 aromatic rings. The van der Waals surface area contributed by atoms with Gasteiger partial charge in [0, 0.05) is 18.0 Å². The number of nitrogens with one attached hydrogen (secondary N) is 1. The summed E-state index contributed by atoms with van der Waals surface area (Å²) in [6, 6.07) is 2.41. The Morgan fingerprint density at radius 1 is 1.48 bits per heavy atom. The number of rotatable bonds is 5. The first kappa shape index (κ1) is 15.1. The lowest BCUT2D eigenvalue weighted by Gasteiger charge is -2.09. The van der Waals surface area contributed by atoms with Gasteiger partial charge >= 0.3 is 5.97 Å². The summed E-state index contributed by atoms with van der Waals surface area (Å²) in [6.07, 6.45) is 3.96. The molecule has 8 nitrogen and oxygen atoms in total. The van der Waals surface area contributed by atoms with E-state index in [2.05, 4.69) is 14.9 Å². The normalized spacial score (nSPS) is 13.0. The number of aromatic carboxylic acids is 1. The number of aromatic nitrogens is 2. The molecule has 0 bridgehead atoms. The second-order valence-corrected chi connectivity index (χ2v) is 6.21. The molecule has 0 fully saturated rings. The molecule has 2 rings (SSSR count). The van der Waals surface area contributed by atoms with Gasteiger partial charge in [0.2, 0.25) is 10.0 Å². The summed E-state index contributed by atoms with van der Waals surface area (Å²) >= 11 is 0. The van der Waals surface area contributed by atoms with Crippen LogP contribution in [0.1, 0.15) is 29.1 Å². The van der Waals surface area contributed by atoms with E-state index in [1.165, 1.54) is 13.1 Å². The molecule has 21 heavy (non-hydrogen) atoms. The molecule has 0 saturated heterocycles. The average molecular weight is 311 g/mol. The van der Waals surface area contributed by atoms with Crippen LogP contribution in [-0.2, 0) is 10.0 Å². The molecule has 0 aliphatic rings. The van der Waals surface area contributed by atoms with Crippen LogP contribution in [0.5, 0.6) is 0 Å². The number of hydrogen-bond acceptors (Lipinski definition) is 6. The topological polar surface area (TPSA) is 122 Å². The number of sulfonamides is 1. The molecule has 0 amide bonds. The molecule has 9 heteroatoms. The zero-order valence-corrected chi connectivity index (χ0v) is 12.1. The quantitative estimate of drug-likeness (QED) is 0.845. The summed E-state index contributed by atoms with van der Waals surface area (Å²) in [7, 11) is -3.51. The fraction of sp³-hybridized carbons (Fsp3) is 0.250. The highest BCUT2D eigenvalue weighted by Gasteiger charge is 2.28. The van der Waals surface area contributed by atoms with E-state index < -0.39 is 22.0 Å². The van der Waals surface area contributed by atoms with Gasteiger partial charge in [0.15, 0.2) is 5.76 Å². The van der Waals surface area contributed by atoms with Crippen LogP contribution in [-0.4, -0.2) is 35.9 Å². The Kier molecular flexibility index (Phi) is 4.05. The molecule has 0 saturated carbocycles. The van der Waals surface area contributed by atoms with Crippen LogP contribution in [0.25, 0.3) is 11.3 Å².